The highest BCUT2D eigenvalue weighted by molar-refractivity contribution is 5.92. The standard InChI is InChI=1S/C24H26N2O/c1-27-20-9-8-17-6-7-19(22(17)14-20)16-26-12-10-18(11-13-26)23-15-25-24-5-3-2-4-21(23)24/h2-5,8-10,14-15,19,25H,6-7,11-13,16H2,1H3. The molecule has 1 aliphatic heterocycles. The summed E-state index contributed by atoms with van der Waals surface area (Å²) in [6.07, 6.45) is 8.19. The van der Waals surface area contributed by atoms with E-state index < -0.39 is 0 Å². The van der Waals surface area contributed by atoms with E-state index in [-0.39, 0.29) is 0 Å². The van der Waals surface area contributed by atoms with Gasteiger partial charge in [-0.25, -0.2) is 0 Å². The van der Waals surface area contributed by atoms with E-state index >= 15 is 0 Å². The van der Waals surface area contributed by atoms with Crippen LogP contribution in [0.2, 0.25) is 0 Å². The lowest BCUT2D eigenvalue weighted by Gasteiger charge is -2.29. The van der Waals surface area contributed by atoms with Crippen molar-refractivity contribution >= 4 is 16.5 Å². The number of H-pyrrole nitrogens is 1. The Morgan fingerprint density at radius 1 is 1.15 bits per heavy atom. The van der Waals surface area contributed by atoms with E-state index in [2.05, 4.69) is 64.6 Å². The quantitative estimate of drug-likeness (QED) is 0.711. The average molecular weight is 358 g/mol. The number of aromatic amines is 1. The van der Waals surface area contributed by atoms with Gasteiger partial charge in [-0.1, -0.05) is 30.3 Å². The van der Waals surface area contributed by atoms with E-state index in [0.29, 0.717) is 5.92 Å². The van der Waals surface area contributed by atoms with Crippen molar-refractivity contribution in [1.29, 1.82) is 0 Å². The molecule has 27 heavy (non-hydrogen) atoms. The number of fused-ring (bicyclic) bond motifs is 2. The number of nitrogens with zero attached hydrogens (tertiary/aromatic N) is 1. The number of benzene rings is 2. The molecule has 5 rings (SSSR count). The first-order valence-corrected chi connectivity index (χ1v) is 9.96. The first-order chi connectivity index (χ1) is 13.3. The monoisotopic (exact) mass is 358 g/mol. The molecule has 2 heterocycles. The minimum Gasteiger partial charge on any atom is -0.497 e. The summed E-state index contributed by atoms with van der Waals surface area (Å²) in [6.45, 7) is 3.34. The summed E-state index contributed by atoms with van der Waals surface area (Å²) in [4.78, 5) is 6.02. The van der Waals surface area contributed by atoms with Crippen molar-refractivity contribution in [1.82, 2.24) is 9.88 Å². The lowest BCUT2D eigenvalue weighted by Crippen LogP contribution is -2.32. The van der Waals surface area contributed by atoms with Gasteiger partial charge in [0.05, 0.1) is 7.11 Å². The molecule has 3 aromatic rings. The van der Waals surface area contributed by atoms with E-state index in [1.807, 2.05) is 0 Å². The molecule has 2 aliphatic rings. The van der Waals surface area contributed by atoms with Gasteiger partial charge in [-0.3, -0.25) is 4.90 Å². The summed E-state index contributed by atoms with van der Waals surface area (Å²) >= 11 is 0. The Kier molecular flexibility index (Phi) is 4.25. The number of rotatable bonds is 4. The van der Waals surface area contributed by atoms with Crippen molar-refractivity contribution < 1.29 is 4.74 Å². The second-order valence-electron chi connectivity index (χ2n) is 7.79. The zero-order valence-electron chi connectivity index (χ0n) is 15.9. The second-order valence-corrected chi connectivity index (χ2v) is 7.79. The Labute approximate surface area is 160 Å². The summed E-state index contributed by atoms with van der Waals surface area (Å²) in [6, 6.07) is 15.2. The zero-order valence-corrected chi connectivity index (χ0v) is 15.9. The predicted molar refractivity (Wildman–Crippen MR) is 111 cm³/mol. The van der Waals surface area contributed by atoms with E-state index in [1.54, 1.807) is 7.11 Å². The van der Waals surface area contributed by atoms with Crippen LogP contribution in [0.1, 0.15) is 35.4 Å². The first kappa shape index (κ1) is 16.6. The number of methoxy groups -OCH3 is 1. The third-order valence-corrected chi connectivity index (χ3v) is 6.26. The molecule has 0 saturated carbocycles. The molecule has 3 nitrogen and oxygen atoms in total. The lowest BCUT2D eigenvalue weighted by atomic mass is 9.96. The number of ether oxygens (including phenoxy) is 1. The lowest BCUT2D eigenvalue weighted by molar-refractivity contribution is 0.280. The molecular formula is C24H26N2O. The zero-order chi connectivity index (χ0) is 18.2. The molecule has 0 spiro atoms. The molecule has 2 aromatic carbocycles. The van der Waals surface area contributed by atoms with Gasteiger partial charge in [-0.2, -0.15) is 0 Å². The van der Waals surface area contributed by atoms with Crippen LogP contribution in [0.25, 0.3) is 16.5 Å². The molecule has 1 atom stereocenters. The van der Waals surface area contributed by atoms with Gasteiger partial charge in [0, 0.05) is 42.3 Å². The van der Waals surface area contributed by atoms with Crippen molar-refractivity contribution in [2.24, 2.45) is 0 Å². The Bertz CT molecular complexity index is 1000. The second kappa shape index (κ2) is 6.90. The normalized spacial score (nSPS) is 19.9. The first-order valence-electron chi connectivity index (χ1n) is 9.96. The fourth-order valence-electron chi connectivity index (χ4n) is 4.75. The Balaban J connectivity index is 1.30. The number of para-hydroxylation sites is 1. The van der Waals surface area contributed by atoms with E-state index in [1.165, 1.54) is 46.0 Å². The number of hydrogen-bond donors (Lipinski definition) is 1. The maximum absolute atomic E-state index is 5.44. The average Bonchev–Trinajstić information content (AvgIpc) is 3.33. The van der Waals surface area contributed by atoms with Crippen LogP contribution < -0.4 is 4.74 Å². The van der Waals surface area contributed by atoms with E-state index in [9.17, 15) is 0 Å². The van der Waals surface area contributed by atoms with Crippen LogP contribution in [0.15, 0.2) is 54.7 Å². The molecule has 1 N–H and O–H groups in total. The van der Waals surface area contributed by atoms with Crippen LogP contribution in [0.5, 0.6) is 5.75 Å². The highest BCUT2D eigenvalue weighted by Gasteiger charge is 2.26. The number of nitrogens with one attached hydrogen (secondary N) is 1. The van der Waals surface area contributed by atoms with Crippen molar-refractivity contribution in [2.75, 3.05) is 26.7 Å². The van der Waals surface area contributed by atoms with Crippen molar-refractivity contribution in [2.45, 2.75) is 25.2 Å². The van der Waals surface area contributed by atoms with Gasteiger partial charge in [0.1, 0.15) is 5.75 Å². The molecule has 0 saturated heterocycles. The minimum atomic E-state index is 0.637. The van der Waals surface area contributed by atoms with Gasteiger partial charge < -0.3 is 9.72 Å². The van der Waals surface area contributed by atoms with Crippen molar-refractivity contribution in [3.63, 3.8) is 0 Å². The predicted octanol–water partition coefficient (Wildman–Crippen LogP) is 5.00. The summed E-state index contributed by atoms with van der Waals surface area (Å²) in [5, 5.41) is 1.34. The largest absolute Gasteiger partial charge is 0.497 e. The number of aryl methyl sites for hydroxylation is 1. The molecule has 0 amide bonds. The van der Waals surface area contributed by atoms with Gasteiger partial charge in [-0.05, 0) is 60.1 Å². The summed E-state index contributed by atoms with van der Waals surface area (Å²) < 4.78 is 5.44. The molecule has 0 bridgehead atoms. The minimum absolute atomic E-state index is 0.637. The smallest absolute Gasteiger partial charge is 0.119 e. The number of aromatic nitrogens is 1. The van der Waals surface area contributed by atoms with Gasteiger partial charge >= 0.3 is 0 Å². The van der Waals surface area contributed by atoms with Gasteiger partial charge in [-0.15, -0.1) is 0 Å². The maximum atomic E-state index is 5.44. The van der Waals surface area contributed by atoms with Gasteiger partial charge in [0.25, 0.3) is 0 Å². The van der Waals surface area contributed by atoms with E-state index in [0.717, 1.165) is 31.8 Å². The van der Waals surface area contributed by atoms with Crippen LogP contribution in [0.3, 0.4) is 0 Å². The van der Waals surface area contributed by atoms with E-state index in [4.69, 9.17) is 4.74 Å². The molecule has 0 radical (unpaired) electrons. The molecular weight excluding hydrogens is 332 g/mol. The Morgan fingerprint density at radius 2 is 2.07 bits per heavy atom. The van der Waals surface area contributed by atoms with Crippen LogP contribution in [-0.4, -0.2) is 36.6 Å². The van der Waals surface area contributed by atoms with Crippen LogP contribution in [0.4, 0.5) is 0 Å². The highest BCUT2D eigenvalue weighted by Crippen LogP contribution is 2.37. The van der Waals surface area contributed by atoms with Crippen LogP contribution >= 0.6 is 0 Å². The van der Waals surface area contributed by atoms with Crippen molar-refractivity contribution in [3.05, 3.63) is 71.4 Å². The fourth-order valence-corrected chi connectivity index (χ4v) is 4.75. The highest BCUT2D eigenvalue weighted by atomic mass is 16.5. The third kappa shape index (κ3) is 3.06. The SMILES string of the molecule is COc1ccc2c(c1)C(CN1CC=C(c3c[nH]c4ccccc34)CC1)CC2. The van der Waals surface area contributed by atoms with Gasteiger partial charge in [0.2, 0.25) is 0 Å². The summed E-state index contributed by atoms with van der Waals surface area (Å²) in [7, 11) is 1.76. The molecule has 0 fully saturated rings. The molecule has 1 aliphatic carbocycles. The summed E-state index contributed by atoms with van der Waals surface area (Å²) in [5.41, 5.74) is 7.10. The number of hydrogen-bond acceptors (Lipinski definition) is 2. The maximum Gasteiger partial charge on any atom is 0.119 e. The third-order valence-electron chi connectivity index (χ3n) is 6.26. The molecule has 138 valence electrons. The van der Waals surface area contributed by atoms with Crippen molar-refractivity contribution in [3.8, 4) is 5.75 Å². The fraction of sp³-hybridized carbons (Fsp3) is 0.333. The van der Waals surface area contributed by atoms with Crippen LogP contribution in [0, 0.1) is 0 Å². The molecule has 1 aromatic heterocycles. The topological polar surface area (TPSA) is 28.3 Å². The summed E-state index contributed by atoms with van der Waals surface area (Å²) in [5.74, 6) is 1.62. The molecule has 3 heteroatoms. The van der Waals surface area contributed by atoms with Crippen LogP contribution in [-0.2, 0) is 6.42 Å². The molecule has 1 unspecified atom stereocenters. The van der Waals surface area contributed by atoms with Gasteiger partial charge in [0.15, 0.2) is 0 Å². The Hall–Kier alpha value is -2.52. The Morgan fingerprint density at radius 3 is 2.93 bits per heavy atom.